The van der Waals surface area contributed by atoms with Gasteiger partial charge < -0.3 is 10.4 Å². The van der Waals surface area contributed by atoms with Crippen LogP contribution in [0.25, 0.3) is 0 Å². The van der Waals surface area contributed by atoms with E-state index in [0.29, 0.717) is 12.5 Å². The molecule has 1 amide bonds. The molecule has 2 rings (SSSR count). The Balaban J connectivity index is 1.87. The molecule has 5 heteroatoms. The van der Waals surface area contributed by atoms with Gasteiger partial charge in [-0.25, -0.2) is 0 Å². The van der Waals surface area contributed by atoms with E-state index in [1.54, 1.807) is 0 Å². The van der Waals surface area contributed by atoms with Crippen molar-refractivity contribution in [3.63, 3.8) is 0 Å². The van der Waals surface area contributed by atoms with Crippen LogP contribution in [0.3, 0.4) is 0 Å². The lowest BCUT2D eigenvalue weighted by atomic mass is 9.83. The van der Waals surface area contributed by atoms with Gasteiger partial charge in [0, 0.05) is 18.6 Å². The fraction of sp³-hybridized carbons (Fsp3) is 0.867. The maximum atomic E-state index is 12.2. The lowest BCUT2D eigenvalue weighted by Crippen LogP contribution is -2.52. The molecule has 0 spiro atoms. The lowest BCUT2D eigenvalue weighted by Gasteiger charge is -2.39. The summed E-state index contributed by atoms with van der Waals surface area (Å²) in [4.78, 5) is 14.2. The topological polar surface area (TPSA) is 76.4 Å². The number of amides is 1. The highest BCUT2D eigenvalue weighted by atomic mass is 16.3. The number of aliphatic hydroxyl groups excluding tert-OH is 1. The fourth-order valence-corrected chi connectivity index (χ4v) is 3.11. The molecule has 0 bridgehead atoms. The molecule has 2 atom stereocenters. The third-order valence-corrected chi connectivity index (χ3v) is 4.63. The lowest BCUT2D eigenvalue weighted by molar-refractivity contribution is -0.124. The second kappa shape index (κ2) is 5.71. The van der Waals surface area contributed by atoms with Crippen LogP contribution in [0.5, 0.6) is 0 Å². The van der Waals surface area contributed by atoms with E-state index in [-0.39, 0.29) is 17.9 Å². The molecule has 1 heterocycles. The summed E-state index contributed by atoms with van der Waals surface area (Å²) >= 11 is 0. The van der Waals surface area contributed by atoms with Crippen LogP contribution in [0.1, 0.15) is 39.5 Å². The van der Waals surface area contributed by atoms with E-state index in [1.807, 2.05) is 6.92 Å². The van der Waals surface area contributed by atoms with E-state index in [2.05, 4.69) is 23.2 Å². The Hall–Kier alpha value is -1.12. The zero-order valence-corrected chi connectivity index (χ0v) is 12.5. The Kier molecular flexibility index (Phi) is 4.36. The third-order valence-electron chi connectivity index (χ3n) is 4.63. The number of carbonyl (C=O) groups excluding carboxylic acids is 1. The van der Waals surface area contributed by atoms with Crippen molar-refractivity contribution in [3.8, 4) is 6.07 Å². The van der Waals surface area contributed by atoms with Gasteiger partial charge in [-0.2, -0.15) is 5.26 Å². The number of aliphatic hydroxyl groups is 1. The molecule has 2 fully saturated rings. The second-order valence-electron chi connectivity index (χ2n) is 6.92. The van der Waals surface area contributed by atoms with Crippen LogP contribution < -0.4 is 5.32 Å². The van der Waals surface area contributed by atoms with E-state index in [0.717, 1.165) is 38.8 Å². The first-order valence-corrected chi connectivity index (χ1v) is 7.46. The van der Waals surface area contributed by atoms with Crippen molar-refractivity contribution in [2.24, 2.45) is 11.3 Å². The highest BCUT2D eigenvalue weighted by Crippen LogP contribution is 2.39. The van der Waals surface area contributed by atoms with E-state index in [1.165, 1.54) is 0 Å². The van der Waals surface area contributed by atoms with Crippen molar-refractivity contribution in [1.82, 2.24) is 10.2 Å². The van der Waals surface area contributed by atoms with Crippen LogP contribution >= 0.6 is 0 Å². The molecular weight excluding hydrogens is 254 g/mol. The van der Waals surface area contributed by atoms with Gasteiger partial charge in [0.05, 0.1) is 12.6 Å². The molecule has 1 saturated heterocycles. The number of rotatable bonds is 5. The fourth-order valence-electron chi connectivity index (χ4n) is 3.11. The van der Waals surface area contributed by atoms with E-state index < -0.39 is 5.54 Å². The zero-order valence-electron chi connectivity index (χ0n) is 12.5. The first kappa shape index (κ1) is 15.3. The molecule has 2 unspecified atom stereocenters. The van der Waals surface area contributed by atoms with E-state index >= 15 is 0 Å². The maximum Gasteiger partial charge on any atom is 0.235 e. The van der Waals surface area contributed by atoms with Crippen molar-refractivity contribution < 1.29 is 9.90 Å². The highest BCUT2D eigenvalue weighted by molar-refractivity contribution is 5.79. The van der Waals surface area contributed by atoms with Crippen LogP contribution in [0, 0.1) is 22.7 Å². The summed E-state index contributed by atoms with van der Waals surface area (Å²) in [6.07, 6.45) is 4.05. The van der Waals surface area contributed by atoms with Gasteiger partial charge >= 0.3 is 0 Å². The quantitative estimate of drug-likeness (QED) is 0.783. The molecule has 0 aromatic rings. The smallest absolute Gasteiger partial charge is 0.235 e. The summed E-state index contributed by atoms with van der Waals surface area (Å²) in [5, 5.41) is 21.6. The van der Waals surface area contributed by atoms with Crippen LogP contribution in [0.2, 0.25) is 0 Å². The predicted molar refractivity (Wildman–Crippen MR) is 75.8 cm³/mol. The summed E-state index contributed by atoms with van der Waals surface area (Å²) in [6.45, 7) is 5.97. The normalized spacial score (nSPS) is 30.3. The van der Waals surface area contributed by atoms with Gasteiger partial charge in [0.1, 0.15) is 5.54 Å². The summed E-state index contributed by atoms with van der Waals surface area (Å²) in [5.74, 6) is 0.226. The number of nitrogens with zero attached hydrogens (tertiary/aromatic N) is 2. The van der Waals surface area contributed by atoms with E-state index in [9.17, 15) is 15.2 Å². The van der Waals surface area contributed by atoms with Gasteiger partial charge in [0.15, 0.2) is 0 Å². The Morgan fingerprint density at radius 3 is 2.85 bits per heavy atom. The Morgan fingerprint density at radius 2 is 2.30 bits per heavy atom. The molecule has 112 valence electrons. The molecular formula is C15H25N3O2. The minimum atomic E-state index is -0.715. The van der Waals surface area contributed by atoms with Crippen LogP contribution in [-0.2, 0) is 4.79 Å². The zero-order chi connectivity index (χ0) is 14.8. The molecule has 0 aromatic heterocycles. The molecule has 1 aliphatic heterocycles. The average Bonchev–Trinajstić information content (AvgIpc) is 3.23. The maximum absolute atomic E-state index is 12.2. The summed E-state index contributed by atoms with van der Waals surface area (Å²) in [5.41, 5.74) is -0.819. The van der Waals surface area contributed by atoms with Gasteiger partial charge in [-0.3, -0.25) is 9.69 Å². The largest absolute Gasteiger partial charge is 0.396 e. The standard InChI is InChI=1S/C15H25N3O2/c1-14(11-19)6-3-7-18(10-14)8-13(20)17-15(2,9-16)12-4-5-12/h12,19H,3-8,10-11H2,1-2H3,(H,17,20). The molecule has 20 heavy (non-hydrogen) atoms. The van der Waals surface area contributed by atoms with Crippen molar-refractivity contribution >= 4 is 5.91 Å². The molecule has 1 saturated carbocycles. The molecule has 0 radical (unpaired) electrons. The number of piperidine rings is 1. The van der Waals surface area contributed by atoms with Gasteiger partial charge in [0.25, 0.3) is 0 Å². The van der Waals surface area contributed by atoms with Crippen molar-refractivity contribution in [2.45, 2.75) is 45.1 Å². The molecule has 2 N–H and O–H groups in total. The number of hydrogen-bond donors (Lipinski definition) is 2. The Morgan fingerprint density at radius 1 is 1.60 bits per heavy atom. The number of carbonyl (C=O) groups is 1. The van der Waals surface area contributed by atoms with Gasteiger partial charge in [-0.15, -0.1) is 0 Å². The van der Waals surface area contributed by atoms with E-state index in [4.69, 9.17) is 0 Å². The molecule has 0 aromatic carbocycles. The van der Waals surface area contributed by atoms with Crippen molar-refractivity contribution in [3.05, 3.63) is 0 Å². The molecule has 2 aliphatic rings. The monoisotopic (exact) mass is 279 g/mol. The minimum Gasteiger partial charge on any atom is -0.396 e. The third kappa shape index (κ3) is 3.50. The van der Waals surface area contributed by atoms with Gasteiger partial charge in [0.2, 0.25) is 5.91 Å². The van der Waals surface area contributed by atoms with Gasteiger partial charge in [-0.1, -0.05) is 6.92 Å². The second-order valence-corrected chi connectivity index (χ2v) is 6.92. The van der Waals surface area contributed by atoms with Crippen molar-refractivity contribution in [2.75, 3.05) is 26.2 Å². The van der Waals surface area contributed by atoms with Crippen LogP contribution in [0.15, 0.2) is 0 Å². The number of likely N-dealkylation sites (tertiary alicyclic amines) is 1. The molecule has 5 nitrogen and oxygen atoms in total. The number of hydrogen-bond acceptors (Lipinski definition) is 4. The molecule has 1 aliphatic carbocycles. The highest BCUT2D eigenvalue weighted by Gasteiger charge is 2.43. The summed E-state index contributed by atoms with van der Waals surface area (Å²) in [7, 11) is 0. The first-order valence-electron chi connectivity index (χ1n) is 7.46. The summed E-state index contributed by atoms with van der Waals surface area (Å²) in [6, 6.07) is 2.25. The average molecular weight is 279 g/mol. The van der Waals surface area contributed by atoms with Crippen molar-refractivity contribution in [1.29, 1.82) is 5.26 Å². The summed E-state index contributed by atoms with van der Waals surface area (Å²) < 4.78 is 0. The number of nitrogens with one attached hydrogen (secondary N) is 1. The SMILES string of the molecule is CC1(CO)CCCN(CC(=O)NC(C)(C#N)C2CC2)C1. The Bertz CT molecular complexity index is 416. The predicted octanol–water partition coefficient (Wildman–Crippen LogP) is 0.889. The number of nitriles is 1. The van der Waals surface area contributed by atoms with Crippen LogP contribution in [-0.4, -0.2) is 47.7 Å². The first-order chi connectivity index (χ1) is 9.41. The van der Waals surface area contributed by atoms with Gasteiger partial charge in [-0.05, 0) is 45.1 Å². The van der Waals surface area contributed by atoms with Crippen LogP contribution in [0.4, 0.5) is 0 Å². The minimum absolute atomic E-state index is 0.0804. The Labute approximate surface area is 120 Å².